The van der Waals surface area contributed by atoms with E-state index in [1.54, 1.807) is 0 Å². The number of phosphoric ester groups is 1. The zero-order chi connectivity index (χ0) is 58.3. The molecule has 0 rings (SSSR count). The first-order valence-electron chi connectivity index (χ1n) is 33.2. The summed E-state index contributed by atoms with van der Waals surface area (Å²) in [5.74, 6) is -1.47. The minimum absolute atomic E-state index is 0.156. The number of aliphatic hydroxyl groups excluding tert-OH is 1. The molecule has 0 bridgehead atoms. The molecule has 0 saturated carbocycles. The molecule has 0 spiro atoms. The second kappa shape index (κ2) is 62.2. The molecule has 0 amide bonds. The molecule has 0 aromatic carbocycles. The van der Waals surface area contributed by atoms with Gasteiger partial charge in [0.05, 0.1) is 19.8 Å². The number of carbonyl (C=O) groups excluding carboxylic acids is 3. The van der Waals surface area contributed by atoms with Gasteiger partial charge in [0.1, 0.15) is 12.7 Å². The van der Waals surface area contributed by atoms with Crippen LogP contribution >= 0.6 is 7.82 Å². The number of ether oxygens (including phenoxy) is 3. The van der Waals surface area contributed by atoms with Gasteiger partial charge in [-0.15, -0.1) is 0 Å². The normalized spacial score (nSPS) is 13.6. The molecule has 0 heterocycles. The fourth-order valence-corrected chi connectivity index (χ4v) is 10.1. The fourth-order valence-electron chi connectivity index (χ4n) is 9.34. The molecule has 3 atom stereocenters. The molecule has 2 N–H and O–H groups in total. The number of aliphatic hydroxyl groups is 1. The third kappa shape index (κ3) is 59.8. The average molecular weight is 1150 g/mol. The lowest BCUT2D eigenvalue weighted by Gasteiger charge is -2.21. The van der Waals surface area contributed by atoms with Gasteiger partial charge in [-0.1, -0.05) is 268 Å². The summed E-state index contributed by atoms with van der Waals surface area (Å²) in [4.78, 5) is 48.8. The fraction of sp³-hybridized carbons (Fsp3) is 0.809. The van der Waals surface area contributed by atoms with E-state index in [-0.39, 0.29) is 25.9 Å². The van der Waals surface area contributed by atoms with Crippen molar-refractivity contribution in [3.63, 3.8) is 0 Å². The van der Waals surface area contributed by atoms with Gasteiger partial charge in [0.25, 0.3) is 0 Å². The lowest BCUT2D eigenvalue weighted by atomic mass is 10.0. The summed E-state index contributed by atoms with van der Waals surface area (Å²) >= 11 is 0. The third-order valence-electron chi connectivity index (χ3n) is 14.4. The van der Waals surface area contributed by atoms with Crippen LogP contribution in [0.15, 0.2) is 60.8 Å². The lowest BCUT2D eigenvalue weighted by molar-refractivity contribution is -0.161. The van der Waals surface area contributed by atoms with Crippen molar-refractivity contribution in [1.29, 1.82) is 0 Å². The van der Waals surface area contributed by atoms with Crippen LogP contribution in [0.5, 0.6) is 0 Å². The standard InChI is InChI=1S/C68H123O11P/c1-4-7-10-13-16-19-22-25-28-31-32-35-36-39-42-45-48-51-54-57-66(70)75-61-65(79-68(72)59-56-53-50-47-44-41-38-34-30-27-24-21-18-15-12-9-6-3)63-77-80(73,74)76-62-64(60-69)78-67(71)58-55-52-49-46-43-40-37-33-29-26-23-20-17-14-11-8-5-2/h16,18-19,21,25,27-28,30,32,35,64-65,69H,4-15,17,20,22-24,26,29,31,33-34,36-63H2,1-3H3,(H,73,74)/b19-16-,21-18-,28-25-,30-27-,35-32-. The van der Waals surface area contributed by atoms with Gasteiger partial charge < -0.3 is 24.2 Å². The number of carbonyl (C=O) groups is 3. The Morgan fingerprint density at radius 2 is 0.613 bits per heavy atom. The Morgan fingerprint density at radius 1 is 0.350 bits per heavy atom. The number of esters is 3. The van der Waals surface area contributed by atoms with Crippen LogP contribution in [-0.4, -0.2) is 66.5 Å². The van der Waals surface area contributed by atoms with E-state index in [9.17, 15) is 28.9 Å². The Balaban J connectivity index is 4.70. The van der Waals surface area contributed by atoms with E-state index < -0.39 is 57.8 Å². The van der Waals surface area contributed by atoms with Crippen molar-refractivity contribution in [1.82, 2.24) is 0 Å². The zero-order valence-corrected chi connectivity index (χ0v) is 52.7. The van der Waals surface area contributed by atoms with Crippen LogP contribution in [0, 0.1) is 0 Å². The van der Waals surface area contributed by atoms with Crippen molar-refractivity contribution in [3.8, 4) is 0 Å². The lowest BCUT2D eigenvalue weighted by Crippen LogP contribution is -2.30. The maximum Gasteiger partial charge on any atom is 0.472 e. The van der Waals surface area contributed by atoms with E-state index in [4.69, 9.17) is 23.3 Å². The van der Waals surface area contributed by atoms with Crippen molar-refractivity contribution < 1.29 is 52.2 Å². The topological polar surface area (TPSA) is 155 Å². The average Bonchev–Trinajstić information content (AvgIpc) is 3.45. The van der Waals surface area contributed by atoms with Crippen molar-refractivity contribution >= 4 is 25.7 Å². The number of unbranched alkanes of at least 4 members (excludes halogenated alkanes) is 35. The van der Waals surface area contributed by atoms with Crippen LogP contribution in [0.1, 0.15) is 316 Å². The monoisotopic (exact) mass is 1150 g/mol. The molecular weight excluding hydrogens is 1020 g/mol. The van der Waals surface area contributed by atoms with Crippen LogP contribution in [0.4, 0.5) is 0 Å². The smallest absolute Gasteiger partial charge is 0.462 e. The van der Waals surface area contributed by atoms with Crippen LogP contribution in [0.3, 0.4) is 0 Å². The molecule has 0 radical (unpaired) electrons. The van der Waals surface area contributed by atoms with E-state index in [2.05, 4.69) is 81.5 Å². The van der Waals surface area contributed by atoms with Crippen molar-refractivity contribution in [2.45, 2.75) is 328 Å². The van der Waals surface area contributed by atoms with Crippen molar-refractivity contribution in [2.24, 2.45) is 0 Å². The first-order valence-corrected chi connectivity index (χ1v) is 34.7. The predicted octanol–water partition coefficient (Wildman–Crippen LogP) is 20.3. The van der Waals surface area contributed by atoms with E-state index in [1.807, 2.05) is 0 Å². The van der Waals surface area contributed by atoms with Gasteiger partial charge >= 0.3 is 25.7 Å². The Hall–Kier alpha value is -2.82. The van der Waals surface area contributed by atoms with E-state index in [1.165, 1.54) is 148 Å². The molecule has 0 aliphatic carbocycles. The zero-order valence-electron chi connectivity index (χ0n) is 51.8. The van der Waals surface area contributed by atoms with Crippen molar-refractivity contribution in [2.75, 3.05) is 26.4 Å². The molecule has 0 aliphatic rings. The highest BCUT2D eigenvalue weighted by Crippen LogP contribution is 2.43. The molecule has 12 heteroatoms. The molecule has 0 aromatic rings. The molecule has 0 aliphatic heterocycles. The van der Waals surface area contributed by atoms with Gasteiger partial charge in [-0.25, -0.2) is 4.57 Å². The predicted molar refractivity (Wildman–Crippen MR) is 335 cm³/mol. The third-order valence-corrected chi connectivity index (χ3v) is 15.4. The van der Waals surface area contributed by atoms with E-state index >= 15 is 0 Å². The largest absolute Gasteiger partial charge is 0.472 e. The second-order valence-electron chi connectivity index (χ2n) is 22.3. The quantitative estimate of drug-likeness (QED) is 0.0197. The molecule has 466 valence electrons. The summed E-state index contributed by atoms with van der Waals surface area (Å²) in [6, 6.07) is 0. The maximum atomic E-state index is 13.0. The van der Waals surface area contributed by atoms with Crippen LogP contribution in [0.25, 0.3) is 0 Å². The number of phosphoric acid groups is 1. The highest BCUT2D eigenvalue weighted by molar-refractivity contribution is 7.47. The molecule has 11 nitrogen and oxygen atoms in total. The Kier molecular flexibility index (Phi) is 60.0. The molecule has 3 unspecified atom stereocenters. The van der Waals surface area contributed by atoms with Crippen molar-refractivity contribution in [3.05, 3.63) is 60.8 Å². The van der Waals surface area contributed by atoms with Crippen LogP contribution in [-0.2, 0) is 42.2 Å². The molecule has 0 fully saturated rings. The molecule has 80 heavy (non-hydrogen) atoms. The minimum Gasteiger partial charge on any atom is -0.462 e. The van der Waals surface area contributed by atoms with Gasteiger partial charge in [0, 0.05) is 19.3 Å². The van der Waals surface area contributed by atoms with E-state index in [0.29, 0.717) is 19.3 Å². The first kappa shape index (κ1) is 77.2. The molecular formula is C68H123O11P. The second-order valence-corrected chi connectivity index (χ2v) is 23.7. The van der Waals surface area contributed by atoms with Gasteiger partial charge in [-0.2, -0.15) is 0 Å². The SMILES string of the molecule is CCCCC/C=C\C/C=C\C/C=C\CCCCCCCCC(=O)OCC(COP(=O)(O)OCC(CO)OC(=O)CCCCCCCCCCCCCCCCCCC)OC(=O)CCCCCCCCC/C=C\C/C=C\CCCCC. The number of allylic oxidation sites excluding steroid dienone is 10. The molecule has 0 saturated heterocycles. The van der Waals surface area contributed by atoms with Crippen LogP contribution in [0.2, 0.25) is 0 Å². The summed E-state index contributed by atoms with van der Waals surface area (Å²) in [6.07, 6.45) is 70.2. The van der Waals surface area contributed by atoms with Gasteiger partial charge in [0.2, 0.25) is 0 Å². The highest BCUT2D eigenvalue weighted by atomic mass is 31.2. The molecule has 0 aromatic heterocycles. The van der Waals surface area contributed by atoms with E-state index in [0.717, 1.165) is 109 Å². The maximum absolute atomic E-state index is 13.0. The summed E-state index contributed by atoms with van der Waals surface area (Å²) in [6.45, 7) is 4.63. The summed E-state index contributed by atoms with van der Waals surface area (Å²) in [7, 11) is -4.76. The summed E-state index contributed by atoms with van der Waals surface area (Å²) in [5, 5.41) is 9.86. The van der Waals surface area contributed by atoms with Gasteiger partial charge in [-0.05, 0) is 89.9 Å². The van der Waals surface area contributed by atoms with Gasteiger partial charge in [0.15, 0.2) is 6.10 Å². The summed E-state index contributed by atoms with van der Waals surface area (Å²) < 4.78 is 39.7. The minimum atomic E-state index is -4.76. The number of hydrogen-bond acceptors (Lipinski definition) is 10. The number of hydrogen-bond donors (Lipinski definition) is 2. The number of rotatable bonds is 62. The Bertz CT molecular complexity index is 1570. The van der Waals surface area contributed by atoms with Gasteiger partial charge in [-0.3, -0.25) is 23.4 Å². The Morgan fingerprint density at radius 3 is 0.963 bits per heavy atom. The Labute approximate surface area is 491 Å². The summed E-state index contributed by atoms with van der Waals surface area (Å²) in [5.41, 5.74) is 0. The first-order chi connectivity index (χ1) is 39.2. The van der Waals surface area contributed by atoms with Crippen LogP contribution < -0.4 is 0 Å². The highest BCUT2D eigenvalue weighted by Gasteiger charge is 2.28.